The molecule has 0 aliphatic rings. The van der Waals surface area contributed by atoms with Gasteiger partial charge in [-0.3, -0.25) is 4.79 Å². The zero-order valence-electron chi connectivity index (χ0n) is 14.4. The van der Waals surface area contributed by atoms with Crippen molar-refractivity contribution in [3.05, 3.63) is 30.2 Å². The number of hydrogen-bond acceptors (Lipinski definition) is 6. The monoisotopic (exact) mass is 368 g/mol. The fourth-order valence-corrected chi connectivity index (χ4v) is 2.15. The van der Waals surface area contributed by atoms with Crippen LogP contribution in [0.1, 0.15) is 32.1 Å². The molecule has 1 amide bonds. The fraction of sp³-hybridized carbons (Fsp3) is 0.471. The Hall–Kier alpha value is -2.12. The molecule has 1 aromatic carbocycles. The predicted molar refractivity (Wildman–Crippen MR) is 97.8 cm³/mol. The maximum absolute atomic E-state index is 11.7. The van der Waals surface area contributed by atoms with Crippen LogP contribution < -0.4 is 15.8 Å². The molecule has 0 fully saturated rings. The highest BCUT2D eigenvalue weighted by atomic mass is 35.5. The lowest BCUT2D eigenvalue weighted by molar-refractivity contribution is -0.121. The quantitative estimate of drug-likeness (QED) is 0.624. The van der Waals surface area contributed by atoms with Crippen molar-refractivity contribution in [3.63, 3.8) is 0 Å². The van der Waals surface area contributed by atoms with Crippen LogP contribution in [0.15, 0.2) is 28.8 Å². The van der Waals surface area contributed by atoms with Crippen molar-refractivity contribution in [3.8, 4) is 17.1 Å². The molecule has 7 nitrogen and oxygen atoms in total. The van der Waals surface area contributed by atoms with E-state index < -0.39 is 0 Å². The van der Waals surface area contributed by atoms with E-state index in [-0.39, 0.29) is 18.3 Å². The van der Waals surface area contributed by atoms with E-state index in [0.717, 1.165) is 24.2 Å². The molecule has 0 spiro atoms. The first-order chi connectivity index (χ1) is 11.7. The highest BCUT2D eigenvalue weighted by molar-refractivity contribution is 5.85. The minimum atomic E-state index is -0.0205. The molecule has 0 atom stereocenters. The number of amides is 1. The van der Waals surface area contributed by atoms with E-state index in [9.17, 15) is 4.79 Å². The van der Waals surface area contributed by atoms with Gasteiger partial charge < -0.3 is 20.3 Å². The molecule has 2 aromatic rings. The second kappa shape index (κ2) is 11.4. The van der Waals surface area contributed by atoms with Crippen LogP contribution >= 0.6 is 12.4 Å². The van der Waals surface area contributed by atoms with E-state index in [2.05, 4.69) is 15.5 Å². The van der Waals surface area contributed by atoms with Crippen LogP contribution in [0.4, 0.5) is 0 Å². The van der Waals surface area contributed by atoms with Gasteiger partial charge in [0.1, 0.15) is 5.75 Å². The summed E-state index contributed by atoms with van der Waals surface area (Å²) in [6, 6.07) is 7.49. The highest BCUT2D eigenvalue weighted by Crippen LogP contribution is 2.20. The molecule has 25 heavy (non-hydrogen) atoms. The number of aromatic nitrogens is 2. The van der Waals surface area contributed by atoms with Crippen LogP contribution in [-0.2, 0) is 11.2 Å². The van der Waals surface area contributed by atoms with E-state index in [4.69, 9.17) is 15.0 Å². The normalized spacial score (nSPS) is 10.2. The molecule has 0 saturated heterocycles. The van der Waals surface area contributed by atoms with Crippen molar-refractivity contribution < 1.29 is 14.1 Å². The molecular weight excluding hydrogens is 344 g/mol. The summed E-state index contributed by atoms with van der Waals surface area (Å²) in [4.78, 5) is 16.0. The maximum Gasteiger partial charge on any atom is 0.227 e. The first kappa shape index (κ1) is 20.9. The largest absolute Gasteiger partial charge is 0.494 e. The van der Waals surface area contributed by atoms with E-state index in [0.29, 0.717) is 44.3 Å². The summed E-state index contributed by atoms with van der Waals surface area (Å²) < 4.78 is 10.6. The summed E-state index contributed by atoms with van der Waals surface area (Å²) in [6.07, 6.45) is 2.56. The number of benzene rings is 1. The molecule has 138 valence electrons. The second-order valence-electron chi connectivity index (χ2n) is 5.31. The van der Waals surface area contributed by atoms with Crippen molar-refractivity contribution >= 4 is 18.3 Å². The molecule has 1 heterocycles. The molecule has 0 radical (unpaired) electrons. The average molecular weight is 369 g/mol. The molecule has 1 aromatic heterocycles. The third-order valence-corrected chi connectivity index (χ3v) is 3.41. The van der Waals surface area contributed by atoms with Crippen molar-refractivity contribution in [2.24, 2.45) is 5.73 Å². The first-order valence-corrected chi connectivity index (χ1v) is 8.25. The summed E-state index contributed by atoms with van der Waals surface area (Å²) in [5.74, 6) is 1.75. The second-order valence-corrected chi connectivity index (χ2v) is 5.31. The Balaban J connectivity index is 0.00000312. The zero-order chi connectivity index (χ0) is 17.2. The van der Waals surface area contributed by atoms with Crippen LogP contribution in [0, 0.1) is 0 Å². The molecule has 3 N–H and O–H groups in total. The van der Waals surface area contributed by atoms with Gasteiger partial charge in [-0.25, -0.2) is 0 Å². The van der Waals surface area contributed by atoms with E-state index in [1.807, 2.05) is 31.2 Å². The highest BCUT2D eigenvalue weighted by Gasteiger charge is 2.10. The summed E-state index contributed by atoms with van der Waals surface area (Å²) in [7, 11) is 0. The van der Waals surface area contributed by atoms with Gasteiger partial charge in [-0.15, -0.1) is 12.4 Å². The zero-order valence-corrected chi connectivity index (χ0v) is 15.2. The molecule has 0 aliphatic heterocycles. The molecule has 0 unspecified atom stereocenters. The Morgan fingerprint density at radius 1 is 1.28 bits per heavy atom. The predicted octanol–water partition coefficient (Wildman–Crippen LogP) is 2.34. The first-order valence-electron chi connectivity index (χ1n) is 8.25. The Morgan fingerprint density at radius 2 is 2.04 bits per heavy atom. The smallest absolute Gasteiger partial charge is 0.227 e. The molecule has 0 saturated carbocycles. The Kier molecular flexibility index (Phi) is 9.57. The van der Waals surface area contributed by atoms with Gasteiger partial charge in [0.05, 0.1) is 6.61 Å². The lowest BCUT2D eigenvalue weighted by Gasteiger charge is -2.02. The van der Waals surface area contributed by atoms with Crippen LogP contribution in [0.5, 0.6) is 5.75 Å². The number of nitrogens with one attached hydrogen (secondary N) is 1. The van der Waals surface area contributed by atoms with Gasteiger partial charge in [-0.05, 0) is 50.6 Å². The van der Waals surface area contributed by atoms with E-state index in [1.54, 1.807) is 0 Å². The van der Waals surface area contributed by atoms with Crippen molar-refractivity contribution in [2.75, 3.05) is 19.7 Å². The minimum Gasteiger partial charge on any atom is -0.494 e. The SMILES string of the molecule is CCOc1ccc(-c2noc(CCC(=O)NCCCCN)n2)cc1.Cl. The third kappa shape index (κ3) is 7.11. The van der Waals surface area contributed by atoms with Crippen molar-refractivity contribution in [2.45, 2.75) is 32.6 Å². The lowest BCUT2D eigenvalue weighted by atomic mass is 10.2. The van der Waals surface area contributed by atoms with Crippen molar-refractivity contribution in [1.82, 2.24) is 15.5 Å². The van der Waals surface area contributed by atoms with Crippen LogP contribution in [0.3, 0.4) is 0 Å². The number of carbonyl (C=O) groups is 1. The summed E-state index contributed by atoms with van der Waals surface area (Å²) in [6.45, 7) is 3.86. The van der Waals surface area contributed by atoms with Crippen LogP contribution in [0.2, 0.25) is 0 Å². The van der Waals surface area contributed by atoms with Gasteiger partial charge >= 0.3 is 0 Å². The standard InChI is InChI=1S/C17H24N4O3.ClH/c1-2-23-14-7-5-13(6-8-14)17-20-16(24-21-17)10-9-15(22)19-12-4-3-11-18;/h5-8H,2-4,9-12,18H2,1H3,(H,19,22);1H. The Labute approximate surface area is 153 Å². The number of halogens is 1. The number of nitrogens with two attached hydrogens (primary N) is 1. The minimum absolute atomic E-state index is 0. The van der Waals surface area contributed by atoms with Gasteiger partial charge in [0.15, 0.2) is 0 Å². The number of unbranched alkanes of at least 4 members (excludes halogenated alkanes) is 1. The van der Waals surface area contributed by atoms with Gasteiger partial charge in [-0.1, -0.05) is 5.16 Å². The van der Waals surface area contributed by atoms with E-state index in [1.165, 1.54) is 0 Å². The summed E-state index contributed by atoms with van der Waals surface area (Å²) in [5.41, 5.74) is 6.25. The molecule has 0 bridgehead atoms. The number of ether oxygens (including phenoxy) is 1. The number of carbonyl (C=O) groups excluding carboxylic acids is 1. The summed E-state index contributed by atoms with van der Waals surface area (Å²) >= 11 is 0. The molecule has 8 heteroatoms. The maximum atomic E-state index is 11.7. The average Bonchev–Trinajstić information content (AvgIpc) is 3.07. The summed E-state index contributed by atoms with van der Waals surface area (Å²) in [5, 5.41) is 6.80. The lowest BCUT2D eigenvalue weighted by Crippen LogP contribution is -2.25. The topological polar surface area (TPSA) is 103 Å². The van der Waals surface area contributed by atoms with Crippen LogP contribution in [0.25, 0.3) is 11.4 Å². The van der Waals surface area contributed by atoms with Crippen LogP contribution in [-0.4, -0.2) is 35.7 Å². The number of rotatable bonds is 10. The third-order valence-electron chi connectivity index (χ3n) is 3.41. The number of hydrogen-bond donors (Lipinski definition) is 2. The molecule has 2 rings (SSSR count). The van der Waals surface area contributed by atoms with Gasteiger partial charge in [0, 0.05) is 24.9 Å². The fourth-order valence-electron chi connectivity index (χ4n) is 2.15. The Morgan fingerprint density at radius 3 is 2.72 bits per heavy atom. The molecular formula is C17H25ClN4O3. The van der Waals surface area contributed by atoms with Gasteiger partial charge in [0.25, 0.3) is 0 Å². The van der Waals surface area contributed by atoms with Gasteiger partial charge in [-0.2, -0.15) is 4.98 Å². The number of nitrogens with zero attached hydrogens (tertiary/aromatic N) is 2. The van der Waals surface area contributed by atoms with E-state index >= 15 is 0 Å². The molecule has 0 aliphatic carbocycles. The Bertz CT molecular complexity index is 631. The van der Waals surface area contributed by atoms with Gasteiger partial charge in [0.2, 0.25) is 17.6 Å². The number of aryl methyl sites for hydroxylation is 1. The van der Waals surface area contributed by atoms with Crippen molar-refractivity contribution in [1.29, 1.82) is 0 Å².